The maximum atomic E-state index is 12.2. The van der Waals surface area contributed by atoms with Gasteiger partial charge in [-0.15, -0.1) is 0 Å². The lowest BCUT2D eigenvalue weighted by Crippen LogP contribution is -2.13. The number of benzene rings is 2. The minimum absolute atomic E-state index is 0.0819. The van der Waals surface area contributed by atoms with E-state index in [1.165, 1.54) is 36.4 Å². The van der Waals surface area contributed by atoms with E-state index in [2.05, 4.69) is 4.72 Å². The summed E-state index contributed by atoms with van der Waals surface area (Å²) in [6, 6.07) is 10.4. The number of thiocyanates is 1. The van der Waals surface area contributed by atoms with Gasteiger partial charge in [-0.05, 0) is 54.2 Å². The second-order valence-electron chi connectivity index (χ2n) is 3.89. The van der Waals surface area contributed by atoms with Gasteiger partial charge in [0.25, 0.3) is 10.0 Å². The predicted molar refractivity (Wildman–Crippen MR) is 85.2 cm³/mol. The third-order valence-corrected chi connectivity index (χ3v) is 5.00. The minimum atomic E-state index is -3.74. The molecule has 0 heterocycles. The second kappa shape index (κ2) is 6.58. The lowest BCUT2D eigenvalue weighted by atomic mass is 10.3. The summed E-state index contributed by atoms with van der Waals surface area (Å²) < 4.78 is 26.8. The molecule has 4 nitrogen and oxygen atoms in total. The maximum absolute atomic E-state index is 12.2. The zero-order valence-corrected chi connectivity index (χ0v) is 13.5. The zero-order chi connectivity index (χ0) is 15.5. The minimum Gasteiger partial charge on any atom is -0.278 e. The molecule has 0 radical (unpaired) electrons. The van der Waals surface area contributed by atoms with E-state index in [0.29, 0.717) is 9.92 Å². The average molecular weight is 359 g/mol. The van der Waals surface area contributed by atoms with Crippen LogP contribution in [0.2, 0.25) is 10.0 Å². The molecule has 0 amide bonds. The Labute approximate surface area is 136 Å². The van der Waals surface area contributed by atoms with Crippen molar-refractivity contribution in [3.05, 3.63) is 52.5 Å². The molecule has 0 atom stereocenters. The Morgan fingerprint density at radius 1 is 1.10 bits per heavy atom. The molecule has 0 saturated carbocycles. The van der Waals surface area contributed by atoms with E-state index in [0.717, 1.165) is 11.8 Å². The molecule has 0 unspecified atom stereocenters. The first kappa shape index (κ1) is 16.0. The van der Waals surface area contributed by atoms with E-state index < -0.39 is 10.0 Å². The van der Waals surface area contributed by atoms with Crippen molar-refractivity contribution in [3.8, 4) is 5.40 Å². The van der Waals surface area contributed by atoms with E-state index in [9.17, 15) is 8.42 Å². The number of nitriles is 1. The number of anilines is 1. The first-order chi connectivity index (χ1) is 9.92. The lowest BCUT2D eigenvalue weighted by Gasteiger charge is -2.10. The van der Waals surface area contributed by atoms with Gasteiger partial charge in [-0.1, -0.05) is 23.2 Å². The molecule has 0 aliphatic heterocycles. The van der Waals surface area contributed by atoms with Gasteiger partial charge in [0, 0.05) is 9.92 Å². The normalized spacial score (nSPS) is 10.9. The molecule has 0 bridgehead atoms. The molecule has 0 aliphatic rings. The van der Waals surface area contributed by atoms with Gasteiger partial charge >= 0.3 is 0 Å². The van der Waals surface area contributed by atoms with Gasteiger partial charge < -0.3 is 0 Å². The van der Waals surface area contributed by atoms with Crippen LogP contribution in [-0.2, 0) is 10.0 Å². The van der Waals surface area contributed by atoms with Crippen LogP contribution in [0.3, 0.4) is 0 Å². The van der Waals surface area contributed by atoms with Crippen LogP contribution in [0, 0.1) is 10.7 Å². The van der Waals surface area contributed by atoms with E-state index in [1.54, 1.807) is 6.07 Å². The van der Waals surface area contributed by atoms with Crippen LogP contribution in [0.1, 0.15) is 0 Å². The van der Waals surface area contributed by atoms with Crippen molar-refractivity contribution in [1.82, 2.24) is 0 Å². The molecular weight excluding hydrogens is 351 g/mol. The predicted octanol–water partition coefficient (Wildman–Crippen LogP) is 4.37. The number of nitrogens with one attached hydrogen (secondary N) is 1. The molecule has 2 aromatic rings. The molecule has 2 rings (SSSR count). The van der Waals surface area contributed by atoms with Crippen molar-refractivity contribution in [1.29, 1.82) is 5.26 Å². The number of thioether (sulfide) groups is 1. The molecule has 8 heteroatoms. The monoisotopic (exact) mass is 358 g/mol. The van der Waals surface area contributed by atoms with Crippen molar-refractivity contribution in [2.45, 2.75) is 9.79 Å². The van der Waals surface area contributed by atoms with Gasteiger partial charge in [0.15, 0.2) is 0 Å². The second-order valence-corrected chi connectivity index (χ2v) is 7.28. The average Bonchev–Trinajstić information content (AvgIpc) is 2.42. The molecule has 0 aromatic heterocycles. The van der Waals surface area contributed by atoms with Crippen LogP contribution in [0.25, 0.3) is 0 Å². The molecule has 1 N–H and O–H groups in total. The smallest absolute Gasteiger partial charge is 0.261 e. The highest BCUT2D eigenvalue weighted by Crippen LogP contribution is 2.29. The summed E-state index contributed by atoms with van der Waals surface area (Å²) in [6.07, 6.45) is 0. The maximum Gasteiger partial charge on any atom is 0.261 e. The van der Waals surface area contributed by atoms with Crippen LogP contribution in [0.15, 0.2) is 52.3 Å². The van der Waals surface area contributed by atoms with Crippen molar-refractivity contribution in [2.75, 3.05) is 4.72 Å². The van der Waals surface area contributed by atoms with Gasteiger partial charge in [-0.3, -0.25) is 4.72 Å². The van der Waals surface area contributed by atoms with Crippen LogP contribution in [-0.4, -0.2) is 8.42 Å². The van der Waals surface area contributed by atoms with Crippen molar-refractivity contribution in [2.24, 2.45) is 0 Å². The zero-order valence-electron chi connectivity index (χ0n) is 10.4. The highest BCUT2D eigenvalue weighted by atomic mass is 35.5. The summed E-state index contributed by atoms with van der Waals surface area (Å²) in [5, 5.41) is 11.2. The summed E-state index contributed by atoms with van der Waals surface area (Å²) in [7, 11) is -3.74. The fraction of sp³-hybridized carbons (Fsp3) is 0. The Hall–Kier alpha value is -1.39. The van der Waals surface area contributed by atoms with E-state index in [4.69, 9.17) is 28.5 Å². The van der Waals surface area contributed by atoms with E-state index in [-0.39, 0.29) is 15.6 Å². The lowest BCUT2D eigenvalue weighted by molar-refractivity contribution is 0.601. The first-order valence-corrected chi connectivity index (χ1v) is 8.62. The molecule has 108 valence electrons. The molecular formula is C13H8Cl2N2O2S2. The number of hydrogen-bond acceptors (Lipinski definition) is 4. The Morgan fingerprint density at radius 2 is 1.76 bits per heavy atom. The quantitative estimate of drug-likeness (QED) is 0.650. The topological polar surface area (TPSA) is 70.0 Å². The van der Waals surface area contributed by atoms with Crippen LogP contribution >= 0.6 is 35.0 Å². The molecule has 21 heavy (non-hydrogen) atoms. The molecule has 0 spiro atoms. The summed E-state index contributed by atoms with van der Waals surface area (Å²) >= 11 is 12.7. The number of sulfonamides is 1. The molecule has 0 fully saturated rings. The van der Waals surface area contributed by atoms with Crippen LogP contribution in [0.4, 0.5) is 5.69 Å². The third kappa shape index (κ3) is 4.05. The first-order valence-electron chi connectivity index (χ1n) is 5.56. The highest BCUT2D eigenvalue weighted by molar-refractivity contribution is 8.03. The van der Waals surface area contributed by atoms with Gasteiger partial charge in [0.05, 0.1) is 15.6 Å². The highest BCUT2D eigenvalue weighted by Gasteiger charge is 2.15. The van der Waals surface area contributed by atoms with Gasteiger partial charge in [0.1, 0.15) is 5.40 Å². The number of nitrogens with zero attached hydrogens (tertiary/aromatic N) is 1. The Bertz CT molecular complexity index is 800. The van der Waals surface area contributed by atoms with Crippen molar-refractivity contribution < 1.29 is 8.42 Å². The summed E-state index contributed by atoms with van der Waals surface area (Å²) in [6.45, 7) is 0. The van der Waals surface area contributed by atoms with Crippen LogP contribution in [0.5, 0.6) is 0 Å². The molecule has 2 aromatic carbocycles. The summed E-state index contributed by atoms with van der Waals surface area (Å²) in [5.74, 6) is 0. The fourth-order valence-electron chi connectivity index (χ4n) is 1.51. The standard InChI is InChI=1S/C13H8Cl2N2O2S2/c14-9-1-4-11(5-2-9)21(18,19)17-13-6-3-10(20-8-16)7-12(13)15/h1-7,17H. The number of rotatable bonds is 4. The van der Waals surface area contributed by atoms with Crippen molar-refractivity contribution >= 4 is 50.7 Å². The Kier molecular flexibility index (Phi) is 5.01. The van der Waals surface area contributed by atoms with Crippen molar-refractivity contribution in [3.63, 3.8) is 0 Å². The van der Waals surface area contributed by atoms with Crippen LogP contribution < -0.4 is 4.72 Å². The fourth-order valence-corrected chi connectivity index (χ4v) is 3.48. The van der Waals surface area contributed by atoms with Gasteiger partial charge in [-0.2, -0.15) is 5.26 Å². The van der Waals surface area contributed by atoms with Gasteiger partial charge in [-0.25, -0.2) is 8.42 Å². The Balaban J connectivity index is 2.29. The summed E-state index contributed by atoms with van der Waals surface area (Å²) in [4.78, 5) is 0.718. The largest absolute Gasteiger partial charge is 0.278 e. The third-order valence-electron chi connectivity index (χ3n) is 2.47. The number of halogens is 2. The summed E-state index contributed by atoms with van der Waals surface area (Å²) in [5.41, 5.74) is 0.244. The van der Waals surface area contributed by atoms with E-state index >= 15 is 0 Å². The van der Waals surface area contributed by atoms with Gasteiger partial charge in [0.2, 0.25) is 0 Å². The van der Waals surface area contributed by atoms with E-state index in [1.807, 2.05) is 5.40 Å². The Morgan fingerprint density at radius 3 is 2.33 bits per heavy atom. The molecule has 0 aliphatic carbocycles. The molecule has 0 saturated heterocycles. The number of hydrogen-bond donors (Lipinski definition) is 1. The SMILES string of the molecule is N#CSc1ccc(NS(=O)(=O)c2ccc(Cl)cc2)c(Cl)c1.